The van der Waals surface area contributed by atoms with Gasteiger partial charge in [-0.1, -0.05) is 24.0 Å². The molecule has 1 aliphatic rings. The van der Waals surface area contributed by atoms with Crippen molar-refractivity contribution >= 4 is 0 Å². The van der Waals surface area contributed by atoms with Crippen molar-refractivity contribution in [3.8, 4) is 11.8 Å². The zero-order valence-electron chi connectivity index (χ0n) is 20.5. The lowest BCUT2D eigenvalue weighted by Gasteiger charge is -2.40. The fourth-order valence-corrected chi connectivity index (χ4v) is 4.19. The van der Waals surface area contributed by atoms with Gasteiger partial charge < -0.3 is 14.5 Å². The van der Waals surface area contributed by atoms with Crippen LogP contribution < -0.4 is 0 Å². The van der Waals surface area contributed by atoms with Gasteiger partial charge in [-0.05, 0) is 47.9 Å². The number of hydrogen-bond acceptors (Lipinski definition) is 4. The molecule has 0 amide bonds. The molecule has 3 aromatic rings. The van der Waals surface area contributed by atoms with Gasteiger partial charge in [0.2, 0.25) is 0 Å². The Bertz CT molecular complexity index is 1250. The highest BCUT2D eigenvalue weighted by atomic mass is 19.4. The van der Waals surface area contributed by atoms with Gasteiger partial charge in [0.25, 0.3) is 0 Å². The Morgan fingerprint density at radius 1 is 1.00 bits per heavy atom. The first-order valence-corrected chi connectivity index (χ1v) is 11.9. The molecule has 5 nitrogen and oxygen atoms in total. The van der Waals surface area contributed by atoms with Gasteiger partial charge in [0.15, 0.2) is 6.29 Å². The van der Waals surface area contributed by atoms with Crippen LogP contribution in [0.4, 0.5) is 30.7 Å². The van der Waals surface area contributed by atoms with Gasteiger partial charge >= 0.3 is 12.4 Å². The minimum absolute atomic E-state index is 0.0875. The van der Waals surface area contributed by atoms with Crippen LogP contribution in [0.15, 0.2) is 55.0 Å². The van der Waals surface area contributed by atoms with Crippen LogP contribution in [0, 0.1) is 17.7 Å². The minimum Gasteiger partial charge on any atom is -0.351 e. The number of imidazole rings is 1. The maximum atomic E-state index is 13.6. The molecule has 0 spiro atoms. The van der Waals surface area contributed by atoms with Gasteiger partial charge in [0.1, 0.15) is 5.82 Å². The smallest absolute Gasteiger partial charge is 0.351 e. The third kappa shape index (κ3) is 7.81. The Hall–Kier alpha value is -3.40. The third-order valence-electron chi connectivity index (χ3n) is 6.08. The van der Waals surface area contributed by atoms with Gasteiger partial charge in [-0.15, -0.1) is 0 Å². The van der Waals surface area contributed by atoms with E-state index in [9.17, 15) is 30.7 Å². The molecule has 1 aromatic heterocycles. The number of nitrogens with one attached hydrogen (secondary N) is 1. The summed E-state index contributed by atoms with van der Waals surface area (Å²) in [6, 6.07) is 6.61. The topological polar surface area (TPSA) is 50.4 Å². The first-order valence-electron chi connectivity index (χ1n) is 11.9. The standard InChI is InChI=1S/C27H24F7N3O2/c28-22-6-4-19(5-7-22)24-25(39-12-10-37(24)9-2-1-3-23-16-35-17-36-23)38-11-8-18-13-20(26(29,30)31)15-21(14-18)27(32,33)34/h4-7,13-17,24-25H,3,8-12H2,(H,35,36)/t24-,25+/m0/s1. The van der Waals surface area contributed by atoms with Gasteiger partial charge in [-0.2, -0.15) is 26.3 Å². The quantitative estimate of drug-likeness (QED) is 0.296. The van der Waals surface area contributed by atoms with Crippen LogP contribution in [0.5, 0.6) is 0 Å². The second-order valence-electron chi connectivity index (χ2n) is 8.83. The van der Waals surface area contributed by atoms with E-state index >= 15 is 0 Å². The second kappa shape index (κ2) is 12.2. The molecule has 1 saturated heterocycles. The molecule has 208 valence electrons. The Labute approximate surface area is 219 Å². The van der Waals surface area contributed by atoms with E-state index in [-0.39, 0.29) is 31.3 Å². The molecule has 2 heterocycles. The maximum Gasteiger partial charge on any atom is 0.416 e. The molecule has 1 fully saturated rings. The Kier molecular flexibility index (Phi) is 8.94. The van der Waals surface area contributed by atoms with Gasteiger partial charge in [0.05, 0.1) is 55.4 Å². The minimum atomic E-state index is -4.93. The summed E-state index contributed by atoms with van der Waals surface area (Å²) >= 11 is 0. The zero-order chi connectivity index (χ0) is 28.0. The summed E-state index contributed by atoms with van der Waals surface area (Å²) in [6.07, 6.45) is -7.28. The summed E-state index contributed by atoms with van der Waals surface area (Å²) in [7, 11) is 0. The highest BCUT2D eigenvalue weighted by Crippen LogP contribution is 2.37. The molecular weight excluding hydrogens is 531 g/mol. The number of nitrogens with zero attached hydrogens (tertiary/aromatic N) is 2. The predicted octanol–water partition coefficient (Wildman–Crippen LogP) is 5.79. The number of ether oxygens (including phenoxy) is 2. The molecule has 12 heteroatoms. The lowest BCUT2D eigenvalue weighted by molar-refractivity contribution is -0.208. The third-order valence-corrected chi connectivity index (χ3v) is 6.08. The van der Waals surface area contributed by atoms with Crippen LogP contribution in [-0.2, 0) is 34.7 Å². The number of rotatable bonds is 7. The molecule has 0 radical (unpaired) electrons. The highest BCUT2D eigenvalue weighted by Gasteiger charge is 2.37. The fourth-order valence-electron chi connectivity index (χ4n) is 4.19. The van der Waals surface area contributed by atoms with E-state index in [4.69, 9.17) is 9.47 Å². The molecule has 1 aliphatic heterocycles. The lowest BCUT2D eigenvalue weighted by atomic mass is 10.0. The van der Waals surface area contributed by atoms with E-state index in [1.165, 1.54) is 12.1 Å². The van der Waals surface area contributed by atoms with E-state index in [1.807, 2.05) is 4.90 Å². The predicted molar refractivity (Wildman–Crippen MR) is 127 cm³/mol. The summed E-state index contributed by atoms with van der Waals surface area (Å²) < 4.78 is 104. The molecule has 0 saturated carbocycles. The van der Waals surface area contributed by atoms with Crippen LogP contribution in [-0.4, -0.2) is 47.5 Å². The molecule has 1 N–H and O–H groups in total. The summed E-state index contributed by atoms with van der Waals surface area (Å²) in [6.45, 7) is 0.838. The first-order chi connectivity index (χ1) is 18.5. The summed E-state index contributed by atoms with van der Waals surface area (Å²) in [5.74, 6) is 5.66. The van der Waals surface area contributed by atoms with E-state index in [1.54, 1.807) is 24.7 Å². The van der Waals surface area contributed by atoms with Crippen molar-refractivity contribution in [2.75, 3.05) is 26.3 Å². The average molecular weight is 555 g/mol. The van der Waals surface area contributed by atoms with Crippen molar-refractivity contribution in [3.63, 3.8) is 0 Å². The number of halogens is 7. The van der Waals surface area contributed by atoms with E-state index in [2.05, 4.69) is 21.8 Å². The molecule has 2 aromatic carbocycles. The van der Waals surface area contributed by atoms with Crippen LogP contribution in [0.25, 0.3) is 0 Å². The van der Waals surface area contributed by atoms with Gasteiger partial charge in [0, 0.05) is 12.7 Å². The summed E-state index contributed by atoms with van der Waals surface area (Å²) in [5.41, 5.74) is -1.50. The lowest BCUT2D eigenvalue weighted by Crippen LogP contribution is -2.46. The molecule has 0 bridgehead atoms. The van der Waals surface area contributed by atoms with Gasteiger partial charge in [-0.25, -0.2) is 9.37 Å². The molecule has 39 heavy (non-hydrogen) atoms. The highest BCUT2D eigenvalue weighted by molar-refractivity contribution is 5.34. The molecule has 4 rings (SSSR count). The van der Waals surface area contributed by atoms with E-state index in [0.717, 1.165) is 5.69 Å². The summed E-state index contributed by atoms with van der Waals surface area (Å²) in [5, 5.41) is 0. The monoisotopic (exact) mass is 555 g/mol. The van der Waals surface area contributed by atoms with Crippen LogP contribution in [0.2, 0.25) is 0 Å². The van der Waals surface area contributed by atoms with E-state index < -0.39 is 41.6 Å². The Balaban J connectivity index is 1.48. The summed E-state index contributed by atoms with van der Waals surface area (Å²) in [4.78, 5) is 8.92. The van der Waals surface area contributed by atoms with Crippen LogP contribution in [0.3, 0.4) is 0 Å². The van der Waals surface area contributed by atoms with Crippen LogP contribution >= 0.6 is 0 Å². The molecule has 0 aliphatic carbocycles. The van der Waals surface area contributed by atoms with Crippen molar-refractivity contribution < 1.29 is 40.2 Å². The first kappa shape index (κ1) is 28.6. The van der Waals surface area contributed by atoms with Crippen molar-refractivity contribution in [2.24, 2.45) is 0 Å². The normalized spacial score (nSPS) is 18.5. The van der Waals surface area contributed by atoms with Crippen molar-refractivity contribution in [3.05, 3.63) is 88.8 Å². The number of benzene rings is 2. The number of aromatic amines is 1. The molecule has 0 unspecified atom stereocenters. The van der Waals surface area contributed by atoms with E-state index in [0.29, 0.717) is 37.2 Å². The number of aromatic nitrogens is 2. The number of H-pyrrole nitrogens is 1. The molecule has 2 atom stereocenters. The number of hydrogen-bond donors (Lipinski definition) is 1. The molecular formula is C27H24F7N3O2. The van der Waals surface area contributed by atoms with Crippen molar-refractivity contribution in [1.29, 1.82) is 0 Å². The van der Waals surface area contributed by atoms with Crippen molar-refractivity contribution in [2.45, 2.75) is 37.5 Å². The number of alkyl halides is 6. The number of morpholine rings is 1. The SMILES string of the molecule is Fc1ccc([C@H]2[C@H](OCCc3cc(C(F)(F)F)cc(C(F)(F)F)c3)OCCN2CC#CCc2c[nH]cn2)cc1. The Morgan fingerprint density at radius 3 is 2.31 bits per heavy atom. The Morgan fingerprint density at radius 2 is 1.69 bits per heavy atom. The fraction of sp³-hybridized carbons (Fsp3) is 0.370. The van der Waals surface area contributed by atoms with Crippen LogP contribution in [0.1, 0.15) is 34.0 Å². The maximum absolute atomic E-state index is 13.6. The zero-order valence-corrected chi connectivity index (χ0v) is 20.5. The largest absolute Gasteiger partial charge is 0.416 e. The van der Waals surface area contributed by atoms with Crippen molar-refractivity contribution in [1.82, 2.24) is 14.9 Å². The second-order valence-corrected chi connectivity index (χ2v) is 8.83. The van der Waals surface area contributed by atoms with Gasteiger partial charge in [-0.3, -0.25) is 4.90 Å². The average Bonchev–Trinajstić information content (AvgIpc) is 3.40.